The molecule has 0 radical (unpaired) electrons. The van der Waals surface area contributed by atoms with Gasteiger partial charge in [0.1, 0.15) is 5.69 Å². The molecule has 0 aromatic carbocycles. The Bertz CT molecular complexity index is 786. The van der Waals surface area contributed by atoms with Crippen LogP contribution in [-0.2, 0) is 4.79 Å². The van der Waals surface area contributed by atoms with Gasteiger partial charge in [-0.15, -0.1) is 0 Å². The van der Waals surface area contributed by atoms with Crippen LogP contribution >= 0.6 is 0 Å². The lowest BCUT2D eigenvalue weighted by molar-refractivity contribution is -0.127. The van der Waals surface area contributed by atoms with Crippen LogP contribution < -0.4 is 5.32 Å². The minimum atomic E-state index is -0.00986. The third-order valence-electron chi connectivity index (χ3n) is 8.14. The van der Waals surface area contributed by atoms with Crippen LogP contribution in [0.2, 0.25) is 0 Å². The van der Waals surface area contributed by atoms with Crippen LogP contribution in [0.5, 0.6) is 0 Å². The lowest BCUT2D eigenvalue weighted by Crippen LogP contribution is -2.47. The van der Waals surface area contributed by atoms with E-state index in [-0.39, 0.29) is 17.7 Å². The van der Waals surface area contributed by atoms with E-state index in [1.54, 1.807) is 6.07 Å². The van der Waals surface area contributed by atoms with Gasteiger partial charge in [-0.25, -0.2) is 4.98 Å². The van der Waals surface area contributed by atoms with E-state index in [1.165, 1.54) is 38.5 Å². The maximum absolute atomic E-state index is 13.0. The van der Waals surface area contributed by atoms with Crippen molar-refractivity contribution in [3.8, 4) is 0 Å². The summed E-state index contributed by atoms with van der Waals surface area (Å²) in [5, 5.41) is 3.47. The van der Waals surface area contributed by atoms with E-state index in [4.69, 9.17) is 0 Å². The molecule has 4 unspecified atom stereocenters. The molecule has 3 bridgehead atoms. The molecule has 4 fully saturated rings. The monoisotopic (exact) mass is 395 g/mol. The van der Waals surface area contributed by atoms with Crippen molar-refractivity contribution >= 4 is 11.8 Å². The zero-order chi connectivity index (χ0) is 20.0. The molecule has 5 atom stereocenters. The number of piperidine rings is 1. The van der Waals surface area contributed by atoms with Crippen molar-refractivity contribution in [1.29, 1.82) is 0 Å². The quantitative estimate of drug-likeness (QED) is 0.851. The maximum Gasteiger partial charge on any atom is 0.272 e. The number of carbonyl (C=O) groups excluding carboxylic acids is 2. The number of pyridine rings is 1. The van der Waals surface area contributed by atoms with Gasteiger partial charge in [0.05, 0.1) is 0 Å². The molecule has 156 valence electrons. The van der Waals surface area contributed by atoms with E-state index >= 15 is 0 Å². The Morgan fingerprint density at radius 2 is 1.79 bits per heavy atom. The Morgan fingerprint density at radius 1 is 1.00 bits per heavy atom. The number of nitrogens with zero attached hydrogens (tertiary/aromatic N) is 2. The molecule has 29 heavy (non-hydrogen) atoms. The summed E-state index contributed by atoms with van der Waals surface area (Å²) in [5.41, 5.74) is 1.37. The highest BCUT2D eigenvalue weighted by Gasteiger charge is 2.46. The smallest absolute Gasteiger partial charge is 0.272 e. The average Bonchev–Trinajstić information content (AvgIpc) is 2.98. The second kappa shape index (κ2) is 7.73. The molecule has 2 amide bonds. The lowest BCUT2D eigenvalue weighted by atomic mass is 9.80. The lowest BCUT2D eigenvalue weighted by Gasteiger charge is -2.33. The summed E-state index contributed by atoms with van der Waals surface area (Å²) in [6.07, 6.45) is 9.57. The second-order valence-corrected chi connectivity index (χ2v) is 10.0. The van der Waals surface area contributed by atoms with Gasteiger partial charge in [-0.2, -0.15) is 0 Å². The van der Waals surface area contributed by atoms with Gasteiger partial charge in [-0.3, -0.25) is 9.59 Å². The highest BCUT2D eigenvalue weighted by atomic mass is 16.2. The standard InChI is InChI=1S/C24H33N3O2/c1-15-3-2-4-22(25-15)24(29)27-9-7-18(8-10-27)23(28)26-21-6-5-16-11-17-13-19(12-16)20(21)14-17/h2-4,16-21H,5-14H2,1H3,(H,26,28)/t16?,17?,19-,20?,21?/m0/s1. The van der Waals surface area contributed by atoms with Gasteiger partial charge >= 0.3 is 0 Å². The minimum Gasteiger partial charge on any atom is -0.353 e. The molecule has 5 nitrogen and oxygen atoms in total. The number of fused-ring (bicyclic) bond motifs is 2. The van der Waals surface area contributed by atoms with Gasteiger partial charge in [0, 0.05) is 30.7 Å². The van der Waals surface area contributed by atoms with Gasteiger partial charge in [0.15, 0.2) is 0 Å². The van der Waals surface area contributed by atoms with Crippen LogP contribution in [-0.4, -0.2) is 40.8 Å². The second-order valence-electron chi connectivity index (χ2n) is 10.0. The van der Waals surface area contributed by atoms with Gasteiger partial charge in [-0.05, 0) is 94.1 Å². The molecule has 4 aliphatic rings. The van der Waals surface area contributed by atoms with Crippen molar-refractivity contribution < 1.29 is 9.59 Å². The third kappa shape index (κ3) is 3.80. The van der Waals surface area contributed by atoms with Crippen molar-refractivity contribution in [2.45, 2.75) is 64.3 Å². The third-order valence-corrected chi connectivity index (χ3v) is 8.14. The van der Waals surface area contributed by atoms with Crippen molar-refractivity contribution in [3.63, 3.8) is 0 Å². The van der Waals surface area contributed by atoms with E-state index in [0.717, 1.165) is 36.3 Å². The molecule has 1 aromatic rings. The highest BCUT2D eigenvalue weighted by molar-refractivity contribution is 5.92. The Morgan fingerprint density at radius 3 is 2.59 bits per heavy atom. The molecule has 2 heterocycles. The topological polar surface area (TPSA) is 62.3 Å². The van der Waals surface area contributed by atoms with Crippen molar-refractivity contribution in [3.05, 3.63) is 29.6 Å². The molecule has 5 rings (SSSR count). The summed E-state index contributed by atoms with van der Waals surface area (Å²) in [6, 6.07) is 5.95. The number of nitrogens with one attached hydrogen (secondary N) is 1. The predicted octanol–water partition coefficient (Wildman–Crippen LogP) is 3.57. The first kappa shape index (κ1) is 19.1. The summed E-state index contributed by atoms with van der Waals surface area (Å²) in [5.74, 6) is 3.67. The number of hydrogen-bond acceptors (Lipinski definition) is 3. The highest BCUT2D eigenvalue weighted by Crippen LogP contribution is 2.53. The Kier molecular flexibility index (Phi) is 5.09. The fourth-order valence-corrected chi connectivity index (χ4v) is 6.74. The maximum atomic E-state index is 13.0. The van der Waals surface area contributed by atoms with Gasteiger partial charge < -0.3 is 10.2 Å². The Labute approximate surface area is 173 Å². The summed E-state index contributed by atoms with van der Waals surface area (Å²) in [4.78, 5) is 31.9. The molecular weight excluding hydrogens is 362 g/mol. The normalized spacial score (nSPS) is 34.1. The van der Waals surface area contributed by atoms with Crippen LogP contribution in [0.15, 0.2) is 18.2 Å². The summed E-state index contributed by atoms with van der Waals surface area (Å²) < 4.78 is 0. The zero-order valence-electron chi connectivity index (χ0n) is 17.5. The first-order chi connectivity index (χ1) is 14.1. The molecule has 1 N–H and O–H groups in total. The molecule has 1 saturated heterocycles. The number of carbonyl (C=O) groups is 2. The average molecular weight is 396 g/mol. The minimum absolute atomic E-state index is 0.00986. The van der Waals surface area contributed by atoms with E-state index in [0.29, 0.717) is 30.7 Å². The first-order valence-corrected chi connectivity index (χ1v) is 11.6. The largest absolute Gasteiger partial charge is 0.353 e. The van der Waals surface area contributed by atoms with E-state index < -0.39 is 0 Å². The molecule has 1 aromatic heterocycles. The van der Waals surface area contributed by atoms with Gasteiger partial charge in [-0.1, -0.05) is 6.07 Å². The number of aryl methyl sites for hydroxylation is 1. The van der Waals surface area contributed by atoms with Crippen LogP contribution in [0.1, 0.15) is 67.5 Å². The molecule has 0 spiro atoms. The van der Waals surface area contributed by atoms with E-state index in [2.05, 4.69) is 10.3 Å². The van der Waals surface area contributed by atoms with Crippen LogP contribution in [0.25, 0.3) is 0 Å². The SMILES string of the molecule is Cc1cccc(C(=O)N2CCC(C(=O)NC3CCC4CC5CC3[C@@H](C4)C5)CC2)n1. The number of aromatic nitrogens is 1. The number of hydrogen-bond donors (Lipinski definition) is 1. The fraction of sp³-hybridized carbons (Fsp3) is 0.708. The van der Waals surface area contributed by atoms with Gasteiger partial charge in [0.2, 0.25) is 5.91 Å². The predicted molar refractivity (Wildman–Crippen MR) is 111 cm³/mol. The molecule has 3 aliphatic carbocycles. The van der Waals surface area contributed by atoms with Gasteiger partial charge in [0.25, 0.3) is 5.91 Å². The fourth-order valence-electron chi connectivity index (χ4n) is 6.74. The first-order valence-electron chi connectivity index (χ1n) is 11.6. The van der Waals surface area contributed by atoms with Crippen LogP contribution in [0.3, 0.4) is 0 Å². The summed E-state index contributed by atoms with van der Waals surface area (Å²) in [7, 11) is 0. The number of rotatable bonds is 3. The van der Waals surface area contributed by atoms with E-state index in [9.17, 15) is 9.59 Å². The van der Waals surface area contributed by atoms with Crippen molar-refractivity contribution in [2.24, 2.45) is 29.6 Å². The van der Waals surface area contributed by atoms with Crippen molar-refractivity contribution in [1.82, 2.24) is 15.2 Å². The summed E-state index contributed by atoms with van der Waals surface area (Å²) >= 11 is 0. The molecule has 5 heteroatoms. The van der Waals surface area contributed by atoms with Crippen LogP contribution in [0, 0.1) is 36.5 Å². The van der Waals surface area contributed by atoms with E-state index in [1.807, 2.05) is 24.0 Å². The Hall–Kier alpha value is -1.91. The number of amides is 2. The molecule has 1 aliphatic heterocycles. The summed E-state index contributed by atoms with van der Waals surface area (Å²) in [6.45, 7) is 3.19. The molecule has 3 saturated carbocycles. The molecular formula is C24H33N3O2. The Balaban J connectivity index is 1.16. The number of likely N-dealkylation sites (tertiary alicyclic amines) is 1. The zero-order valence-corrected chi connectivity index (χ0v) is 17.5. The van der Waals surface area contributed by atoms with Crippen molar-refractivity contribution in [2.75, 3.05) is 13.1 Å². The van der Waals surface area contributed by atoms with Crippen LogP contribution in [0.4, 0.5) is 0 Å².